The fraction of sp³-hybridized carbons (Fsp3) is 0.562. The van der Waals surface area contributed by atoms with Gasteiger partial charge in [-0.05, 0) is 37.1 Å². The lowest BCUT2D eigenvalue weighted by atomic mass is 10.1. The summed E-state index contributed by atoms with van der Waals surface area (Å²) in [5, 5.41) is 0. The molecule has 0 radical (unpaired) electrons. The number of hydrogen-bond acceptors (Lipinski definition) is 4. The van der Waals surface area contributed by atoms with E-state index in [1.807, 2.05) is 19.1 Å². The molecule has 1 aromatic rings. The highest BCUT2D eigenvalue weighted by atomic mass is 16.5. The maximum absolute atomic E-state index is 11.8. The number of carbonyl (C=O) groups excluding carboxylic acids is 1. The SMILES string of the molecule is CCCOC(=O)C1CCN(Cc2ccc(OC)cc2)C1. The summed E-state index contributed by atoms with van der Waals surface area (Å²) in [6, 6.07) is 8.08. The Morgan fingerprint density at radius 3 is 2.75 bits per heavy atom. The minimum absolute atomic E-state index is 0.0379. The number of hydrogen-bond donors (Lipinski definition) is 0. The largest absolute Gasteiger partial charge is 0.497 e. The molecule has 0 spiro atoms. The van der Waals surface area contributed by atoms with E-state index in [9.17, 15) is 4.79 Å². The van der Waals surface area contributed by atoms with Crippen LogP contribution in [0.15, 0.2) is 24.3 Å². The summed E-state index contributed by atoms with van der Waals surface area (Å²) in [6.45, 7) is 5.18. The predicted molar refractivity (Wildman–Crippen MR) is 77.6 cm³/mol. The van der Waals surface area contributed by atoms with E-state index in [1.165, 1.54) is 5.56 Å². The lowest BCUT2D eigenvalue weighted by Gasteiger charge is -2.16. The standard InChI is InChI=1S/C16H23NO3/c1-3-10-20-16(18)14-8-9-17(12-14)11-13-4-6-15(19-2)7-5-13/h4-7,14H,3,8-12H2,1-2H3. The first-order valence-electron chi connectivity index (χ1n) is 7.25. The van der Waals surface area contributed by atoms with Crippen LogP contribution in [-0.2, 0) is 16.1 Å². The van der Waals surface area contributed by atoms with Crippen LogP contribution in [0, 0.1) is 5.92 Å². The highest BCUT2D eigenvalue weighted by Gasteiger charge is 2.29. The zero-order chi connectivity index (χ0) is 14.4. The van der Waals surface area contributed by atoms with Crippen LogP contribution < -0.4 is 4.74 Å². The Kier molecular flexibility index (Phi) is 5.41. The lowest BCUT2D eigenvalue weighted by molar-refractivity contribution is -0.148. The predicted octanol–water partition coefficient (Wildman–Crippen LogP) is 2.47. The summed E-state index contributed by atoms with van der Waals surface area (Å²) in [5.74, 6) is 0.875. The fourth-order valence-electron chi connectivity index (χ4n) is 2.48. The van der Waals surface area contributed by atoms with E-state index in [0.29, 0.717) is 6.61 Å². The van der Waals surface area contributed by atoms with Gasteiger partial charge in [0.05, 0.1) is 19.6 Å². The molecule has 1 fully saturated rings. The van der Waals surface area contributed by atoms with Gasteiger partial charge in [0.2, 0.25) is 0 Å². The normalized spacial score (nSPS) is 19.0. The summed E-state index contributed by atoms with van der Waals surface area (Å²) < 4.78 is 10.4. The molecule has 0 aromatic heterocycles. The average Bonchev–Trinajstić information content (AvgIpc) is 2.94. The van der Waals surface area contributed by atoms with E-state index < -0.39 is 0 Å². The molecule has 0 aliphatic carbocycles. The van der Waals surface area contributed by atoms with Crippen LogP contribution in [0.2, 0.25) is 0 Å². The van der Waals surface area contributed by atoms with Crippen LogP contribution in [0.4, 0.5) is 0 Å². The third kappa shape index (κ3) is 3.97. The summed E-state index contributed by atoms with van der Waals surface area (Å²) >= 11 is 0. The number of rotatable bonds is 6. The topological polar surface area (TPSA) is 38.8 Å². The van der Waals surface area contributed by atoms with Gasteiger partial charge < -0.3 is 9.47 Å². The van der Waals surface area contributed by atoms with Gasteiger partial charge in [-0.3, -0.25) is 9.69 Å². The van der Waals surface area contributed by atoms with Crippen molar-refractivity contribution in [3.05, 3.63) is 29.8 Å². The summed E-state index contributed by atoms with van der Waals surface area (Å²) in [7, 11) is 1.67. The van der Waals surface area contributed by atoms with Crippen molar-refractivity contribution < 1.29 is 14.3 Å². The van der Waals surface area contributed by atoms with Crippen molar-refractivity contribution in [1.29, 1.82) is 0 Å². The molecule has 0 amide bonds. The quantitative estimate of drug-likeness (QED) is 0.749. The van der Waals surface area contributed by atoms with Crippen molar-refractivity contribution in [1.82, 2.24) is 4.90 Å². The second-order valence-corrected chi connectivity index (χ2v) is 5.24. The number of esters is 1. The monoisotopic (exact) mass is 277 g/mol. The molecular weight excluding hydrogens is 254 g/mol. The molecule has 1 aromatic carbocycles. The summed E-state index contributed by atoms with van der Waals surface area (Å²) in [4.78, 5) is 14.1. The second kappa shape index (κ2) is 7.29. The third-order valence-corrected chi connectivity index (χ3v) is 3.62. The van der Waals surface area contributed by atoms with Gasteiger partial charge in [0.1, 0.15) is 5.75 Å². The Bertz CT molecular complexity index is 430. The molecule has 1 aliphatic heterocycles. The van der Waals surface area contributed by atoms with Crippen LogP contribution in [0.5, 0.6) is 5.75 Å². The minimum Gasteiger partial charge on any atom is -0.497 e. The first-order valence-corrected chi connectivity index (χ1v) is 7.25. The average molecular weight is 277 g/mol. The molecule has 20 heavy (non-hydrogen) atoms. The van der Waals surface area contributed by atoms with Gasteiger partial charge in [0.25, 0.3) is 0 Å². The van der Waals surface area contributed by atoms with Gasteiger partial charge in [-0.2, -0.15) is 0 Å². The second-order valence-electron chi connectivity index (χ2n) is 5.24. The van der Waals surface area contributed by atoms with Crippen LogP contribution in [-0.4, -0.2) is 37.7 Å². The van der Waals surface area contributed by atoms with E-state index >= 15 is 0 Å². The molecular formula is C16H23NO3. The molecule has 1 heterocycles. The van der Waals surface area contributed by atoms with Gasteiger partial charge in [-0.1, -0.05) is 19.1 Å². The van der Waals surface area contributed by atoms with Crippen molar-refractivity contribution in [2.75, 3.05) is 26.8 Å². The number of likely N-dealkylation sites (tertiary alicyclic amines) is 1. The number of benzene rings is 1. The van der Waals surface area contributed by atoms with Crippen molar-refractivity contribution in [3.63, 3.8) is 0 Å². The lowest BCUT2D eigenvalue weighted by Crippen LogP contribution is -2.24. The van der Waals surface area contributed by atoms with E-state index in [-0.39, 0.29) is 11.9 Å². The number of carbonyl (C=O) groups is 1. The molecule has 1 unspecified atom stereocenters. The minimum atomic E-state index is -0.0379. The molecule has 0 saturated carbocycles. The van der Waals surface area contributed by atoms with Gasteiger partial charge in [-0.25, -0.2) is 0 Å². The fourth-order valence-corrected chi connectivity index (χ4v) is 2.48. The van der Waals surface area contributed by atoms with Crippen molar-refractivity contribution in [2.24, 2.45) is 5.92 Å². The molecule has 0 bridgehead atoms. The number of methoxy groups -OCH3 is 1. The van der Waals surface area contributed by atoms with Crippen LogP contribution >= 0.6 is 0 Å². The van der Waals surface area contributed by atoms with Crippen LogP contribution in [0.25, 0.3) is 0 Å². The van der Waals surface area contributed by atoms with E-state index in [4.69, 9.17) is 9.47 Å². The Morgan fingerprint density at radius 2 is 2.10 bits per heavy atom. The van der Waals surface area contributed by atoms with Crippen LogP contribution in [0.1, 0.15) is 25.3 Å². The number of ether oxygens (including phenoxy) is 2. The Morgan fingerprint density at radius 1 is 1.35 bits per heavy atom. The molecule has 4 nitrogen and oxygen atoms in total. The highest BCUT2D eigenvalue weighted by Crippen LogP contribution is 2.21. The van der Waals surface area contributed by atoms with Crippen molar-refractivity contribution >= 4 is 5.97 Å². The molecule has 1 atom stereocenters. The Hall–Kier alpha value is -1.55. The molecule has 4 heteroatoms. The zero-order valence-electron chi connectivity index (χ0n) is 12.3. The van der Waals surface area contributed by atoms with E-state index in [0.717, 1.165) is 38.2 Å². The van der Waals surface area contributed by atoms with Crippen LogP contribution in [0.3, 0.4) is 0 Å². The zero-order valence-corrected chi connectivity index (χ0v) is 12.3. The first kappa shape index (κ1) is 14.9. The van der Waals surface area contributed by atoms with E-state index in [2.05, 4.69) is 17.0 Å². The highest BCUT2D eigenvalue weighted by molar-refractivity contribution is 5.73. The molecule has 110 valence electrons. The van der Waals surface area contributed by atoms with Gasteiger partial charge in [0.15, 0.2) is 0 Å². The van der Waals surface area contributed by atoms with Crippen molar-refractivity contribution in [3.8, 4) is 5.75 Å². The first-order chi connectivity index (χ1) is 9.72. The molecule has 1 saturated heterocycles. The Balaban J connectivity index is 1.81. The van der Waals surface area contributed by atoms with Gasteiger partial charge >= 0.3 is 5.97 Å². The smallest absolute Gasteiger partial charge is 0.310 e. The molecule has 0 N–H and O–H groups in total. The number of nitrogens with zero attached hydrogens (tertiary/aromatic N) is 1. The van der Waals surface area contributed by atoms with Gasteiger partial charge in [-0.15, -0.1) is 0 Å². The summed E-state index contributed by atoms with van der Waals surface area (Å²) in [5.41, 5.74) is 1.24. The van der Waals surface area contributed by atoms with E-state index in [1.54, 1.807) is 7.11 Å². The molecule has 2 rings (SSSR count). The van der Waals surface area contributed by atoms with Gasteiger partial charge in [0, 0.05) is 13.1 Å². The Labute approximate surface area is 120 Å². The summed E-state index contributed by atoms with van der Waals surface area (Å²) in [6.07, 6.45) is 1.78. The molecule has 1 aliphatic rings. The maximum Gasteiger partial charge on any atom is 0.310 e. The third-order valence-electron chi connectivity index (χ3n) is 3.62. The van der Waals surface area contributed by atoms with Crippen molar-refractivity contribution in [2.45, 2.75) is 26.3 Å². The maximum atomic E-state index is 11.8.